The van der Waals surface area contributed by atoms with Gasteiger partial charge in [0.15, 0.2) is 0 Å². The average Bonchev–Trinajstić information content (AvgIpc) is 3.37. The number of pyridine rings is 1. The zero-order chi connectivity index (χ0) is 24.6. The summed E-state index contributed by atoms with van der Waals surface area (Å²) < 4.78 is 2.60. The number of fused-ring (bicyclic) bond motifs is 3. The first-order valence-corrected chi connectivity index (χ1v) is 13.3. The lowest BCUT2D eigenvalue weighted by atomic mass is 9.98. The van der Waals surface area contributed by atoms with Crippen LogP contribution in [-0.4, -0.2) is 4.98 Å². The Hall–Kier alpha value is -4.53. The van der Waals surface area contributed by atoms with Gasteiger partial charge in [-0.3, -0.25) is 0 Å². The number of hydrogen-bond donors (Lipinski definition) is 0. The highest BCUT2D eigenvalue weighted by Gasteiger charge is 2.15. The van der Waals surface area contributed by atoms with E-state index in [-0.39, 0.29) is 0 Å². The van der Waals surface area contributed by atoms with Gasteiger partial charge < -0.3 is 0 Å². The highest BCUT2D eigenvalue weighted by atomic mass is 32.1. The molecule has 0 N–H and O–H groups in total. The lowest BCUT2D eigenvalue weighted by Gasteiger charge is -2.06. The van der Waals surface area contributed by atoms with Gasteiger partial charge in [-0.2, -0.15) is 0 Å². The smallest absolute Gasteiger partial charge is 0.0723 e. The van der Waals surface area contributed by atoms with Crippen LogP contribution in [0.25, 0.3) is 64.9 Å². The van der Waals surface area contributed by atoms with Gasteiger partial charge in [0.25, 0.3) is 0 Å². The molecule has 0 unspecified atom stereocenters. The third-order valence-corrected chi connectivity index (χ3v) is 8.21. The van der Waals surface area contributed by atoms with Gasteiger partial charge in [-0.05, 0) is 34.4 Å². The zero-order valence-electron chi connectivity index (χ0n) is 20.1. The van der Waals surface area contributed by atoms with Crippen molar-refractivity contribution in [3.63, 3.8) is 0 Å². The van der Waals surface area contributed by atoms with Gasteiger partial charge in [0.1, 0.15) is 0 Å². The Labute approximate surface area is 220 Å². The van der Waals surface area contributed by atoms with Crippen molar-refractivity contribution in [1.29, 1.82) is 0 Å². The van der Waals surface area contributed by atoms with Crippen LogP contribution in [0.5, 0.6) is 0 Å². The Bertz CT molecular complexity index is 1850. The number of aromatic nitrogens is 1. The standard InChI is InChI=1S/C35H23NS/c1-3-10-24(11-4-1)25-20-22-26(23-21-25)28-14-7-15-29-30-16-8-17-31(35(30)37-34(28)29)33-19-9-18-32(36-33)27-12-5-2-6-13-27/h1-23H. The zero-order valence-corrected chi connectivity index (χ0v) is 21.0. The lowest BCUT2D eigenvalue weighted by Crippen LogP contribution is -1.87. The Balaban J connectivity index is 1.35. The highest BCUT2D eigenvalue weighted by molar-refractivity contribution is 7.26. The van der Waals surface area contributed by atoms with Crippen molar-refractivity contribution in [2.45, 2.75) is 0 Å². The number of nitrogens with zero attached hydrogens (tertiary/aromatic N) is 1. The Morgan fingerprint density at radius 1 is 0.351 bits per heavy atom. The maximum absolute atomic E-state index is 5.06. The van der Waals surface area contributed by atoms with Crippen molar-refractivity contribution in [3.8, 4) is 44.8 Å². The molecule has 0 bridgehead atoms. The summed E-state index contributed by atoms with van der Waals surface area (Å²) in [6.07, 6.45) is 0. The van der Waals surface area contributed by atoms with E-state index in [1.54, 1.807) is 0 Å². The second-order valence-corrected chi connectivity index (χ2v) is 10.2. The topological polar surface area (TPSA) is 12.9 Å². The summed E-state index contributed by atoms with van der Waals surface area (Å²) in [4.78, 5) is 5.06. The quantitative estimate of drug-likeness (QED) is 0.240. The fourth-order valence-electron chi connectivity index (χ4n) is 5.08. The predicted molar refractivity (Wildman–Crippen MR) is 159 cm³/mol. The fraction of sp³-hybridized carbons (Fsp3) is 0. The average molecular weight is 490 g/mol. The first-order chi connectivity index (χ1) is 18.3. The monoisotopic (exact) mass is 489 g/mol. The molecule has 1 nitrogen and oxygen atoms in total. The van der Waals surface area contributed by atoms with Crippen LogP contribution < -0.4 is 0 Å². The van der Waals surface area contributed by atoms with Crippen LogP contribution in [0.15, 0.2) is 140 Å². The number of benzene rings is 5. The van der Waals surface area contributed by atoms with E-state index >= 15 is 0 Å². The molecule has 0 fully saturated rings. The van der Waals surface area contributed by atoms with E-state index in [1.807, 2.05) is 17.4 Å². The Kier molecular flexibility index (Phi) is 5.38. The Morgan fingerprint density at radius 2 is 0.865 bits per heavy atom. The summed E-state index contributed by atoms with van der Waals surface area (Å²) in [5.74, 6) is 0. The van der Waals surface area contributed by atoms with E-state index in [0.29, 0.717) is 0 Å². The van der Waals surface area contributed by atoms with Gasteiger partial charge in [0.05, 0.1) is 11.4 Å². The van der Waals surface area contributed by atoms with Gasteiger partial charge in [0, 0.05) is 31.3 Å². The van der Waals surface area contributed by atoms with Gasteiger partial charge in [0.2, 0.25) is 0 Å². The van der Waals surface area contributed by atoms with E-state index in [2.05, 4.69) is 133 Å². The predicted octanol–water partition coefficient (Wildman–Crippen LogP) is 10.1. The molecule has 0 amide bonds. The molecule has 7 aromatic rings. The molecule has 0 atom stereocenters. The fourth-order valence-corrected chi connectivity index (χ4v) is 6.43. The number of rotatable bonds is 4. The summed E-state index contributed by atoms with van der Waals surface area (Å²) in [6, 6.07) is 49.4. The van der Waals surface area contributed by atoms with Gasteiger partial charge in [-0.1, -0.05) is 127 Å². The van der Waals surface area contributed by atoms with Crippen molar-refractivity contribution in [1.82, 2.24) is 4.98 Å². The van der Waals surface area contributed by atoms with Crippen molar-refractivity contribution < 1.29 is 0 Å². The third kappa shape index (κ3) is 3.92. The van der Waals surface area contributed by atoms with E-state index in [0.717, 1.165) is 17.0 Å². The van der Waals surface area contributed by atoms with E-state index in [9.17, 15) is 0 Å². The maximum atomic E-state index is 5.06. The summed E-state index contributed by atoms with van der Waals surface area (Å²) >= 11 is 1.87. The Morgan fingerprint density at radius 3 is 1.57 bits per heavy atom. The summed E-state index contributed by atoms with van der Waals surface area (Å²) in [5, 5.41) is 2.58. The molecule has 0 aliphatic carbocycles. The second kappa shape index (κ2) is 9.16. The van der Waals surface area contributed by atoms with Crippen molar-refractivity contribution >= 4 is 31.5 Å². The van der Waals surface area contributed by atoms with Gasteiger partial charge in [-0.15, -0.1) is 11.3 Å². The second-order valence-electron chi connectivity index (χ2n) is 9.18. The minimum Gasteiger partial charge on any atom is -0.248 e. The van der Waals surface area contributed by atoms with Crippen LogP contribution in [0, 0.1) is 0 Å². The first kappa shape index (κ1) is 21.7. The van der Waals surface area contributed by atoms with Gasteiger partial charge in [-0.25, -0.2) is 4.98 Å². The molecule has 2 heterocycles. The first-order valence-electron chi connectivity index (χ1n) is 12.5. The highest BCUT2D eigenvalue weighted by Crippen LogP contribution is 2.43. The minimum absolute atomic E-state index is 0.996. The molecule has 0 saturated heterocycles. The van der Waals surface area contributed by atoms with Crippen LogP contribution in [0.4, 0.5) is 0 Å². The lowest BCUT2D eigenvalue weighted by molar-refractivity contribution is 1.33. The van der Waals surface area contributed by atoms with Crippen molar-refractivity contribution in [2.24, 2.45) is 0 Å². The molecule has 37 heavy (non-hydrogen) atoms. The summed E-state index contributed by atoms with van der Waals surface area (Å²) in [6.45, 7) is 0. The molecule has 5 aromatic carbocycles. The SMILES string of the molecule is c1ccc(-c2ccc(-c3cccc4c3sc3c(-c5cccc(-c6ccccc6)n5)cccc34)cc2)cc1. The number of hydrogen-bond acceptors (Lipinski definition) is 2. The molecule has 0 radical (unpaired) electrons. The molecule has 2 aromatic heterocycles. The van der Waals surface area contributed by atoms with E-state index < -0.39 is 0 Å². The van der Waals surface area contributed by atoms with E-state index in [1.165, 1.54) is 48.0 Å². The van der Waals surface area contributed by atoms with E-state index in [4.69, 9.17) is 4.98 Å². The molecular formula is C35H23NS. The maximum Gasteiger partial charge on any atom is 0.0723 e. The molecule has 0 spiro atoms. The summed E-state index contributed by atoms with van der Waals surface area (Å²) in [7, 11) is 0. The normalized spacial score (nSPS) is 11.2. The molecular weight excluding hydrogens is 466 g/mol. The largest absolute Gasteiger partial charge is 0.248 e. The molecule has 0 saturated carbocycles. The molecule has 0 aliphatic heterocycles. The van der Waals surface area contributed by atoms with Crippen LogP contribution >= 0.6 is 11.3 Å². The van der Waals surface area contributed by atoms with Crippen LogP contribution in [0.1, 0.15) is 0 Å². The van der Waals surface area contributed by atoms with Crippen LogP contribution in [0.3, 0.4) is 0 Å². The van der Waals surface area contributed by atoms with Crippen LogP contribution in [0.2, 0.25) is 0 Å². The minimum atomic E-state index is 0.996. The third-order valence-electron chi connectivity index (χ3n) is 6.92. The molecule has 0 aliphatic rings. The summed E-state index contributed by atoms with van der Waals surface area (Å²) in [5.41, 5.74) is 9.31. The van der Waals surface area contributed by atoms with Gasteiger partial charge >= 0.3 is 0 Å². The van der Waals surface area contributed by atoms with Crippen molar-refractivity contribution in [2.75, 3.05) is 0 Å². The van der Waals surface area contributed by atoms with Crippen LogP contribution in [-0.2, 0) is 0 Å². The molecule has 2 heteroatoms. The molecule has 174 valence electrons. The van der Waals surface area contributed by atoms with Crippen molar-refractivity contribution in [3.05, 3.63) is 140 Å². The number of thiophene rings is 1. The molecule has 7 rings (SSSR count).